The monoisotopic (exact) mass is 410 g/mol. The van der Waals surface area contributed by atoms with E-state index in [1.165, 1.54) is 19.9 Å². The standard InChI is InChI=1S/C20H22N5OP.CH5N/c1-13-11-25-17(14(2)21-13)9-16(22-25)18-10-19(26)24-12-15(5-6-20(24)27-18)23-7-3-4-8-23;1-2/h5-6,9-12,20,27H,3-4,7-8H2,1-2H3;2H2,1H3. The highest BCUT2D eigenvalue weighted by atomic mass is 31.1. The molecule has 1 fully saturated rings. The van der Waals surface area contributed by atoms with Crippen LogP contribution in [0.15, 0.2) is 42.4 Å². The number of aromatic nitrogens is 3. The lowest BCUT2D eigenvalue weighted by atomic mass is 10.2. The number of hydrogen-bond acceptors (Lipinski definition) is 5. The number of allylic oxidation sites excluding steroid dienone is 1. The van der Waals surface area contributed by atoms with E-state index in [2.05, 4.69) is 27.8 Å². The molecule has 8 heteroatoms. The largest absolute Gasteiger partial charge is 0.370 e. The molecule has 2 aromatic rings. The van der Waals surface area contributed by atoms with Crippen LogP contribution in [0.25, 0.3) is 10.8 Å². The van der Waals surface area contributed by atoms with Crippen molar-refractivity contribution in [3.63, 3.8) is 0 Å². The second-order valence-electron chi connectivity index (χ2n) is 7.33. The Labute approximate surface area is 172 Å². The van der Waals surface area contributed by atoms with Gasteiger partial charge < -0.3 is 15.5 Å². The van der Waals surface area contributed by atoms with E-state index < -0.39 is 0 Å². The number of amides is 1. The molecule has 1 amide bonds. The average molecular weight is 410 g/mol. The highest BCUT2D eigenvalue weighted by Gasteiger charge is 2.30. The average Bonchev–Trinajstić information content (AvgIpc) is 3.39. The van der Waals surface area contributed by atoms with Gasteiger partial charge in [-0.3, -0.25) is 9.78 Å². The summed E-state index contributed by atoms with van der Waals surface area (Å²) in [6.07, 6.45) is 12.5. The van der Waals surface area contributed by atoms with Gasteiger partial charge in [-0.1, -0.05) is 14.7 Å². The Morgan fingerprint density at radius 2 is 1.97 bits per heavy atom. The highest BCUT2D eigenvalue weighted by Crippen LogP contribution is 2.44. The first-order valence-corrected chi connectivity index (χ1v) is 11.0. The Morgan fingerprint density at radius 3 is 2.72 bits per heavy atom. The third-order valence-electron chi connectivity index (χ3n) is 5.35. The van der Waals surface area contributed by atoms with Crippen molar-refractivity contribution < 1.29 is 4.79 Å². The van der Waals surface area contributed by atoms with Crippen molar-refractivity contribution >= 4 is 25.3 Å². The smallest absolute Gasteiger partial charge is 0.252 e. The number of aryl methyl sites for hydroxylation is 2. The van der Waals surface area contributed by atoms with Crippen LogP contribution in [0.4, 0.5) is 0 Å². The summed E-state index contributed by atoms with van der Waals surface area (Å²) in [6.45, 7) is 6.13. The van der Waals surface area contributed by atoms with Crippen LogP contribution in [0.5, 0.6) is 0 Å². The Morgan fingerprint density at radius 1 is 1.21 bits per heavy atom. The van der Waals surface area contributed by atoms with Gasteiger partial charge in [-0.05, 0) is 45.9 Å². The summed E-state index contributed by atoms with van der Waals surface area (Å²) in [5.41, 5.74) is 9.42. The molecule has 2 unspecified atom stereocenters. The Balaban J connectivity index is 0.000000994. The molecule has 7 nitrogen and oxygen atoms in total. The minimum absolute atomic E-state index is 0.0397. The van der Waals surface area contributed by atoms with Gasteiger partial charge in [-0.15, -0.1) is 0 Å². The zero-order chi connectivity index (χ0) is 20.5. The van der Waals surface area contributed by atoms with Crippen LogP contribution in [0.1, 0.15) is 29.9 Å². The van der Waals surface area contributed by atoms with Crippen molar-refractivity contribution in [3.8, 4) is 0 Å². The van der Waals surface area contributed by atoms with Gasteiger partial charge in [0.05, 0.1) is 40.3 Å². The van der Waals surface area contributed by atoms with Crippen molar-refractivity contribution in [1.29, 1.82) is 0 Å². The quantitative estimate of drug-likeness (QED) is 0.770. The summed E-state index contributed by atoms with van der Waals surface area (Å²) in [4.78, 5) is 21.6. The van der Waals surface area contributed by atoms with Crippen LogP contribution >= 0.6 is 8.58 Å². The van der Waals surface area contributed by atoms with E-state index in [0.717, 1.165) is 46.7 Å². The molecule has 0 bridgehead atoms. The molecule has 0 aliphatic carbocycles. The van der Waals surface area contributed by atoms with Gasteiger partial charge in [0.15, 0.2) is 0 Å². The van der Waals surface area contributed by atoms with Gasteiger partial charge >= 0.3 is 0 Å². The Bertz CT molecular complexity index is 1030. The SMILES string of the molecule is CN.Cc1cn2nc(C3=CC(=O)N4C=C(N5CCCC5)C=CC4P3)cc2c(C)n1. The molecular weight excluding hydrogens is 383 g/mol. The Hall–Kier alpha value is -2.50. The van der Waals surface area contributed by atoms with Crippen molar-refractivity contribution in [1.82, 2.24) is 24.4 Å². The predicted molar refractivity (Wildman–Crippen MR) is 118 cm³/mol. The van der Waals surface area contributed by atoms with Crippen LogP contribution in [-0.2, 0) is 4.79 Å². The molecule has 29 heavy (non-hydrogen) atoms. The first-order chi connectivity index (χ1) is 14.1. The maximum absolute atomic E-state index is 12.8. The molecule has 0 saturated carbocycles. The van der Waals surface area contributed by atoms with Crippen LogP contribution in [0.2, 0.25) is 0 Å². The minimum Gasteiger partial charge on any atom is -0.370 e. The molecule has 3 aliphatic heterocycles. The van der Waals surface area contributed by atoms with Gasteiger partial charge in [0.2, 0.25) is 0 Å². The number of carbonyl (C=O) groups excluding carboxylic acids is 1. The third-order valence-corrected chi connectivity index (χ3v) is 6.83. The third kappa shape index (κ3) is 3.72. The van der Waals surface area contributed by atoms with Gasteiger partial charge in [-0.2, -0.15) is 5.10 Å². The zero-order valence-electron chi connectivity index (χ0n) is 17.1. The molecule has 2 N–H and O–H groups in total. The summed E-state index contributed by atoms with van der Waals surface area (Å²) in [5, 5.41) is 5.72. The molecule has 2 atom stereocenters. The maximum atomic E-state index is 12.8. The van der Waals surface area contributed by atoms with Gasteiger partial charge in [0.25, 0.3) is 5.91 Å². The molecule has 152 valence electrons. The van der Waals surface area contributed by atoms with E-state index in [-0.39, 0.29) is 11.7 Å². The fraction of sp³-hybridized carbons (Fsp3) is 0.381. The Kier molecular flexibility index (Phi) is 5.52. The second kappa shape index (κ2) is 8.09. The normalized spacial score (nSPS) is 21.8. The van der Waals surface area contributed by atoms with Gasteiger partial charge in [0, 0.05) is 30.7 Å². The number of nitrogens with zero attached hydrogens (tertiary/aromatic N) is 5. The fourth-order valence-electron chi connectivity index (χ4n) is 4.00. The summed E-state index contributed by atoms with van der Waals surface area (Å²) in [6, 6.07) is 2.04. The lowest BCUT2D eigenvalue weighted by molar-refractivity contribution is -0.123. The first kappa shape index (κ1) is 19.8. The summed E-state index contributed by atoms with van der Waals surface area (Å²) >= 11 is 0. The van der Waals surface area contributed by atoms with E-state index >= 15 is 0 Å². The van der Waals surface area contributed by atoms with E-state index in [1.807, 2.05) is 41.7 Å². The number of carbonyl (C=O) groups is 1. The molecule has 0 spiro atoms. The predicted octanol–water partition coefficient (Wildman–Crippen LogP) is 2.62. The second-order valence-corrected chi connectivity index (χ2v) is 8.75. The van der Waals surface area contributed by atoms with Crippen molar-refractivity contribution in [3.05, 3.63) is 59.5 Å². The first-order valence-electron chi connectivity index (χ1n) is 9.96. The number of fused-ring (bicyclic) bond motifs is 2. The lowest BCUT2D eigenvalue weighted by Gasteiger charge is -2.35. The molecule has 1 saturated heterocycles. The molecule has 0 aromatic carbocycles. The zero-order valence-corrected chi connectivity index (χ0v) is 18.1. The number of rotatable bonds is 2. The minimum atomic E-state index is 0.0397. The van der Waals surface area contributed by atoms with Crippen molar-refractivity contribution in [2.24, 2.45) is 5.73 Å². The number of nitrogens with two attached hydrogens (primary N) is 1. The molecule has 5 heterocycles. The van der Waals surface area contributed by atoms with E-state index in [0.29, 0.717) is 8.58 Å². The van der Waals surface area contributed by atoms with Gasteiger partial charge in [-0.25, -0.2) is 4.52 Å². The van der Waals surface area contributed by atoms with E-state index in [4.69, 9.17) is 5.10 Å². The molecular formula is C21H27N6OP. The fourth-order valence-corrected chi connectivity index (χ4v) is 5.33. The van der Waals surface area contributed by atoms with Gasteiger partial charge in [0.1, 0.15) is 0 Å². The summed E-state index contributed by atoms with van der Waals surface area (Å²) in [7, 11) is 1.98. The molecule has 0 radical (unpaired) electrons. The topological polar surface area (TPSA) is 79.8 Å². The molecule has 3 aliphatic rings. The van der Waals surface area contributed by atoms with E-state index in [9.17, 15) is 4.79 Å². The summed E-state index contributed by atoms with van der Waals surface area (Å²) < 4.78 is 1.87. The van der Waals surface area contributed by atoms with Crippen molar-refractivity contribution in [2.75, 3.05) is 20.1 Å². The number of hydrogen-bond donors (Lipinski definition) is 1. The molecule has 2 aromatic heterocycles. The van der Waals surface area contributed by atoms with Crippen LogP contribution in [-0.4, -0.2) is 56.2 Å². The van der Waals surface area contributed by atoms with Crippen LogP contribution < -0.4 is 5.73 Å². The highest BCUT2D eigenvalue weighted by molar-refractivity contribution is 7.51. The van der Waals surface area contributed by atoms with E-state index in [1.54, 1.807) is 6.08 Å². The van der Waals surface area contributed by atoms with Crippen molar-refractivity contribution in [2.45, 2.75) is 32.5 Å². The number of likely N-dealkylation sites (tertiary alicyclic amines) is 1. The summed E-state index contributed by atoms with van der Waals surface area (Å²) in [5.74, 6) is 0.132. The van der Waals surface area contributed by atoms with Crippen LogP contribution in [0.3, 0.4) is 0 Å². The maximum Gasteiger partial charge on any atom is 0.252 e. The lowest BCUT2D eigenvalue weighted by Crippen LogP contribution is -2.37. The molecule has 5 rings (SSSR count). The van der Waals surface area contributed by atoms with Crippen LogP contribution in [0, 0.1) is 13.8 Å².